The Morgan fingerprint density at radius 1 is 1.36 bits per heavy atom. The predicted octanol–water partition coefficient (Wildman–Crippen LogP) is -0.0157. The van der Waals surface area contributed by atoms with Crippen molar-refractivity contribution in [1.82, 2.24) is 5.32 Å². The highest BCUT2D eigenvalue weighted by atomic mass is 16.4. The lowest BCUT2D eigenvalue weighted by molar-refractivity contribution is -0.146. The molecule has 1 unspecified atom stereocenters. The van der Waals surface area contributed by atoms with Crippen molar-refractivity contribution in [2.24, 2.45) is 5.41 Å². The molecule has 0 aromatic heterocycles. The number of carbonyl (C=O) groups excluding carboxylic acids is 1. The predicted molar refractivity (Wildman–Crippen MR) is 50.7 cm³/mol. The number of amides is 1. The summed E-state index contributed by atoms with van der Waals surface area (Å²) in [7, 11) is 0. The number of hydrogen-bond acceptors (Lipinski definition) is 3. The van der Waals surface area contributed by atoms with E-state index in [9.17, 15) is 9.59 Å². The van der Waals surface area contributed by atoms with Crippen LogP contribution in [0.4, 0.5) is 0 Å². The van der Waals surface area contributed by atoms with Gasteiger partial charge in [-0.3, -0.25) is 4.79 Å². The number of carboxylic acid groups (broad SMARTS) is 1. The van der Waals surface area contributed by atoms with Gasteiger partial charge in [-0.25, -0.2) is 4.79 Å². The molecule has 1 atom stereocenters. The van der Waals surface area contributed by atoms with Crippen molar-refractivity contribution in [3.63, 3.8) is 0 Å². The molecule has 0 bridgehead atoms. The summed E-state index contributed by atoms with van der Waals surface area (Å²) in [4.78, 5) is 21.4. The van der Waals surface area contributed by atoms with Crippen LogP contribution in [0.15, 0.2) is 0 Å². The van der Waals surface area contributed by atoms with E-state index < -0.39 is 12.1 Å². The zero-order valence-electron chi connectivity index (χ0n) is 8.70. The molecule has 0 radical (unpaired) electrons. The van der Waals surface area contributed by atoms with Crippen molar-refractivity contribution in [3.8, 4) is 0 Å². The van der Waals surface area contributed by atoms with Gasteiger partial charge in [-0.15, -0.1) is 0 Å². The minimum Gasteiger partial charge on any atom is -0.479 e. The second kappa shape index (κ2) is 4.95. The van der Waals surface area contributed by atoms with Crippen molar-refractivity contribution in [3.05, 3.63) is 0 Å². The summed E-state index contributed by atoms with van der Waals surface area (Å²) in [6, 6.07) is 0. The van der Waals surface area contributed by atoms with E-state index in [-0.39, 0.29) is 17.9 Å². The fourth-order valence-corrected chi connectivity index (χ4v) is 0.842. The van der Waals surface area contributed by atoms with Crippen LogP contribution in [0.5, 0.6) is 0 Å². The molecule has 1 amide bonds. The van der Waals surface area contributed by atoms with Crippen LogP contribution in [-0.4, -0.2) is 34.7 Å². The SMILES string of the molecule is CC(C)(C)CC(=O)NCC(O)C(=O)O. The van der Waals surface area contributed by atoms with Crippen LogP contribution in [0, 0.1) is 5.41 Å². The van der Waals surface area contributed by atoms with Crippen molar-refractivity contribution in [2.75, 3.05) is 6.54 Å². The second-order valence-electron chi connectivity index (χ2n) is 4.40. The number of aliphatic hydroxyl groups is 1. The van der Waals surface area contributed by atoms with Crippen molar-refractivity contribution in [2.45, 2.75) is 33.3 Å². The van der Waals surface area contributed by atoms with E-state index >= 15 is 0 Å². The summed E-state index contributed by atoms with van der Waals surface area (Å²) in [6.45, 7) is 5.46. The minimum absolute atomic E-state index is 0.141. The van der Waals surface area contributed by atoms with Crippen molar-refractivity contribution in [1.29, 1.82) is 0 Å². The third-order valence-electron chi connectivity index (χ3n) is 1.47. The van der Waals surface area contributed by atoms with Crippen LogP contribution < -0.4 is 5.32 Å². The fourth-order valence-electron chi connectivity index (χ4n) is 0.842. The van der Waals surface area contributed by atoms with Crippen LogP contribution in [0.2, 0.25) is 0 Å². The smallest absolute Gasteiger partial charge is 0.334 e. The molecule has 0 aromatic carbocycles. The van der Waals surface area contributed by atoms with E-state index in [4.69, 9.17) is 10.2 Å². The van der Waals surface area contributed by atoms with Crippen LogP contribution in [0.25, 0.3) is 0 Å². The van der Waals surface area contributed by atoms with Gasteiger partial charge in [0.05, 0.1) is 6.54 Å². The van der Waals surface area contributed by atoms with Crippen LogP contribution in [0.3, 0.4) is 0 Å². The average Bonchev–Trinajstić information content (AvgIpc) is 1.96. The molecule has 0 rings (SSSR count). The Kier molecular flexibility index (Phi) is 4.56. The third kappa shape index (κ3) is 6.42. The molecular weight excluding hydrogens is 186 g/mol. The Bertz CT molecular complexity index is 219. The first-order chi connectivity index (χ1) is 6.22. The summed E-state index contributed by atoms with van der Waals surface area (Å²) < 4.78 is 0. The number of carbonyl (C=O) groups is 2. The van der Waals surface area contributed by atoms with Gasteiger partial charge in [-0.2, -0.15) is 0 Å². The Labute approximate surface area is 83.1 Å². The lowest BCUT2D eigenvalue weighted by Gasteiger charge is -2.17. The van der Waals surface area contributed by atoms with Crippen LogP contribution >= 0.6 is 0 Å². The number of hydrogen-bond donors (Lipinski definition) is 3. The zero-order valence-corrected chi connectivity index (χ0v) is 8.70. The lowest BCUT2D eigenvalue weighted by atomic mass is 9.92. The van der Waals surface area contributed by atoms with Crippen LogP contribution in [0.1, 0.15) is 27.2 Å². The molecular formula is C9H17NO4. The quantitative estimate of drug-likeness (QED) is 0.599. The standard InChI is InChI=1S/C9H17NO4/c1-9(2,3)4-7(12)10-5-6(11)8(13)14/h6,11H,4-5H2,1-3H3,(H,10,12)(H,13,14). The Morgan fingerprint density at radius 2 is 1.86 bits per heavy atom. The summed E-state index contributed by atoms with van der Waals surface area (Å²) in [6.07, 6.45) is -1.22. The van der Waals surface area contributed by atoms with Crippen LogP contribution in [-0.2, 0) is 9.59 Å². The van der Waals surface area contributed by atoms with E-state index in [2.05, 4.69) is 5.32 Å². The molecule has 0 aliphatic rings. The highest BCUT2D eigenvalue weighted by Crippen LogP contribution is 2.17. The van der Waals surface area contributed by atoms with E-state index in [1.807, 2.05) is 20.8 Å². The Morgan fingerprint density at radius 3 is 2.21 bits per heavy atom. The molecule has 14 heavy (non-hydrogen) atoms. The number of nitrogens with one attached hydrogen (secondary N) is 1. The van der Waals surface area contributed by atoms with Gasteiger partial charge in [0.1, 0.15) is 0 Å². The summed E-state index contributed by atoms with van der Waals surface area (Å²) in [5.74, 6) is -1.58. The highest BCUT2D eigenvalue weighted by Gasteiger charge is 2.18. The Hall–Kier alpha value is -1.10. The number of aliphatic hydroxyl groups excluding tert-OH is 1. The maximum absolute atomic E-state index is 11.2. The summed E-state index contributed by atoms with van der Waals surface area (Å²) >= 11 is 0. The molecule has 0 spiro atoms. The van der Waals surface area contributed by atoms with E-state index in [0.717, 1.165) is 0 Å². The fraction of sp³-hybridized carbons (Fsp3) is 0.778. The first-order valence-corrected chi connectivity index (χ1v) is 4.40. The lowest BCUT2D eigenvalue weighted by Crippen LogP contribution is -2.37. The molecule has 0 fully saturated rings. The normalized spacial score (nSPS) is 13.4. The molecule has 0 saturated carbocycles. The summed E-state index contributed by atoms with van der Waals surface area (Å²) in [5.41, 5.74) is -0.141. The minimum atomic E-state index is -1.53. The van der Waals surface area contributed by atoms with Gasteiger partial charge in [-0.05, 0) is 5.41 Å². The monoisotopic (exact) mass is 203 g/mol. The largest absolute Gasteiger partial charge is 0.479 e. The van der Waals surface area contributed by atoms with Crippen molar-refractivity contribution < 1.29 is 19.8 Å². The van der Waals surface area contributed by atoms with Gasteiger partial charge in [0.2, 0.25) is 5.91 Å². The van der Waals surface area contributed by atoms with Gasteiger partial charge in [0.25, 0.3) is 0 Å². The van der Waals surface area contributed by atoms with Gasteiger partial charge < -0.3 is 15.5 Å². The maximum Gasteiger partial charge on any atom is 0.334 e. The molecule has 0 aromatic rings. The average molecular weight is 203 g/mol. The van der Waals surface area contributed by atoms with E-state index in [1.54, 1.807) is 0 Å². The Balaban J connectivity index is 3.81. The zero-order chi connectivity index (χ0) is 11.4. The number of rotatable bonds is 4. The molecule has 0 aliphatic heterocycles. The molecule has 82 valence electrons. The summed E-state index contributed by atoms with van der Waals surface area (Å²) in [5, 5.41) is 19.5. The molecule has 3 N–H and O–H groups in total. The maximum atomic E-state index is 11.2. The highest BCUT2D eigenvalue weighted by molar-refractivity contribution is 5.78. The molecule has 5 nitrogen and oxygen atoms in total. The number of carboxylic acids is 1. The van der Waals surface area contributed by atoms with E-state index in [1.165, 1.54) is 0 Å². The second-order valence-corrected chi connectivity index (χ2v) is 4.40. The van der Waals surface area contributed by atoms with Crippen molar-refractivity contribution >= 4 is 11.9 Å². The van der Waals surface area contributed by atoms with E-state index in [0.29, 0.717) is 6.42 Å². The van der Waals surface area contributed by atoms with Gasteiger partial charge in [0, 0.05) is 6.42 Å². The molecule has 0 aliphatic carbocycles. The van der Waals surface area contributed by atoms with Gasteiger partial charge in [-0.1, -0.05) is 20.8 Å². The number of aliphatic carboxylic acids is 1. The first kappa shape index (κ1) is 12.9. The first-order valence-electron chi connectivity index (χ1n) is 4.40. The topological polar surface area (TPSA) is 86.6 Å². The third-order valence-corrected chi connectivity index (χ3v) is 1.47. The van der Waals surface area contributed by atoms with Gasteiger partial charge in [0.15, 0.2) is 6.10 Å². The molecule has 0 saturated heterocycles. The molecule has 0 heterocycles. The molecule has 5 heteroatoms. The van der Waals surface area contributed by atoms with Gasteiger partial charge >= 0.3 is 5.97 Å².